The summed E-state index contributed by atoms with van der Waals surface area (Å²) < 4.78 is 23.6. The third kappa shape index (κ3) is 18.0. The second-order valence-electron chi connectivity index (χ2n) is 21.2. The van der Waals surface area contributed by atoms with Crippen molar-refractivity contribution in [2.75, 3.05) is 17.5 Å². The highest BCUT2D eigenvalue weighted by atomic mass is 127. The molecular formula is C65H90IN3O8. The summed E-state index contributed by atoms with van der Waals surface area (Å²) in [7, 11) is 0. The van der Waals surface area contributed by atoms with Gasteiger partial charge in [-0.15, -0.1) is 0 Å². The first-order chi connectivity index (χ1) is 37.9. The zero-order valence-electron chi connectivity index (χ0n) is 47.0. The predicted molar refractivity (Wildman–Crippen MR) is 318 cm³/mol. The molecule has 0 spiro atoms. The van der Waals surface area contributed by atoms with Gasteiger partial charge in [0.15, 0.2) is 23.1 Å². The molecule has 0 radical (unpaired) electrons. The van der Waals surface area contributed by atoms with Crippen molar-refractivity contribution in [1.82, 2.24) is 15.1 Å². The van der Waals surface area contributed by atoms with E-state index in [9.17, 15) is 19.2 Å². The third-order valence-corrected chi connectivity index (χ3v) is 15.9. The maximum absolute atomic E-state index is 14.1. The molecule has 77 heavy (non-hydrogen) atoms. The van der Waals surface area contributed by atoms with Crippen LogP contribution in [-0.4, -0.2) is 50.8 Å². The summed E-state index contributed by atoms with van der Waals surface area (Å²) >= 11 is 2.47. The number of carbonyl (C=O) groups excluding carboxylic acids is 4. The van der Waals surface area contributed by atoms with Crippen LogP contribution in [0.3, 0.4) is 0 Å². The van der Waals surface area contributed by atoms with Crippen LogP contribution >= 0.6 is 22.6 Å². The van der Waals surface area contributed by atoms with Gasteiger partial charge in [-0.3, -0.25) is 19.2 Å². The number of allylic oxidation sites excluding steroid dienone is 1. The average molecular weight is 1170 g/mol. The number of nitrogens with one attached hydrogen (secondary N) is 1. The van der Waals surface area contributed by atoms with E-state index in [1.165, 1.54) is 184 Å². The second-order valence-corrected chi connectivity index (χ2v) is 22.2. The van der Waals surface area contributed by atoms with Crippen LogP contribution < -0.4 is 5.32 Å². The minimum Gasteiger partial charge on any atom is -0.465 e. The van der Waals surface area contributed by atoms with Crippen LogP contribution in [0.5, 0.6) is 0 Å². The molecule has 4 aromatic heterocycles. The Morgan fingerprint density at radius 1 is 0.416 bits per heavy atom. The van der Waals surface area contributed by atoms with E-state index in [2.05, 4.69) is 48.7 Å². The van der Waals surface area contributed by atoms with Gasteiger partial charge in [0.2, 0.25) is 0 Å². The fourth-order valence-corrected chi connectivity index (χ4v) is 11.4. The van der Waals surface area contributed by atoms with Crippen molar-refractivity contribution in [3.8, 4) is 0 Å². The number of rotatable bonds is 36. The van der Waals surface area contributed by atoms with E-state index in [-0.39, 0.29) is 29.9 Å². The van der Waals surface area contributed by atoms with Crippen molar-refractivity contribution >= 4 is 68.8 Å². The van der Waals surface area contributed by atoms with Crippen molar-refractivity contribution in [2.45, 2.75) is 220 Å². The molecule has 3 amide bonds. The molecule has 4 aromatic rings. The van der Waals surface area contributed by atoms with Gasteiger partial charge in [-0.05, 0) is 72.2 Å². The maximum atomic E-state index is 14.1. The zero-order valence-corrected chi connectivity index (χ0v) is 49.2. The molecule has 1 aliphatic carbocycles. The maximum Gasteiger partial charge on any atom is 0.261 e. The van der Waals surface area contributed by atoms with E-state index < -0.39 is 0 Å². The molecule has 0 fully saturated rings. The smallest absolute Gasteiger partial charge is 0.261 e. The molecule has 0 aromatic carbocycles. The number of unbranched alkanes of at least 4 members (excludes halogenated alkanes) is 27. The highest BCUT2D eigenvalue weighted by molar-refractivity contribution is 14.1. The molecular weight excluding hydrogens is 1080 g/mol. The number of furan rings is 4. The predicted octanol–water partition coefficient (Wildman–Crippen LogP) is 18.0. The van der Waals surface area contributed by atoms with Gasteiger partial charge >= 0.3 is 0 Å². The number of hydrogen-bond donors (Lipinski definition) is 1. The monoisotopic (exact) mass is 1170 g/mol. The van der Waals surface area contributed by atoms with Crippen LogP contribution in [-0.2, 0) is 19.2 Å². The van der Waals surface area contributed by atoms with Gasteiger partial charge in [-0.2, -0.15) is 0 Å². The molecule has 0 bridgehead atoms. The Kier molecular flexibility index (Phi) is 27.5. The second kappa shape index (κ2) is 34.7. The molecule has 0 saturated carbocycles. The lowest BCUT2D eigenvalue weighted by molar-refractivity contribution is -0.124. The SMILES string of the molecule is CCCCCCCCCCCCI.CCCCCCCCCCCCN1C(=O)C2=C(c3ccco3)N(CCCCCCCCCCCC)C(=O)C2=C1c1ccco1.O=C1CC(c2ccco2)=C2C(=O)NC(c3ccco3)=C12. The number of nitrogens with zero attached hydrogens (tertiary/aromatic N) is 2. The molecule has 11 nitrogen and oxygen atoms in total. The van der Waals surface area contributed by atoms with Crippen LogP contribution in [0.15, 0.2) is 114 Å². The standard InChI is InChI=1S/C38H56N2O4.C15H9NO4.C12H25I/c1-3-5-7-9-11-13-15-17-19-21-27-39-35(31-25-23-29-43-31)33-34(37(39)41)36(32-26-24-30-44-32)40(38(33)42)28-22-20-18-16-14-12-10-8-6-4-2;17-9-7-8(10-3-1-5-19-10)12-13(9)14(16-15(12)18)11-4-2-6-20-11;1-2-3-4-5-6-7-8-9-10-11-12-13/h23-26,29-30H,3-22,27-28H2,1-2H3;1-6H,7H2,(H,16,18);2-12H2,1H3. The number of ketones is 1. The van der Waals surface area contributed by atoms with Gasteiger partial charge < -0.3 is 32.8 Å². The van der Waals surface area contributed by atoms with Crippen molar-refractivity contribution in [1.29, 1.82) is 0 Å². The highest BCUT2D eigenvalue weighted by Gasteiger charge is 2.50. The number of alkyl halides is 1. The Bertz CT molecular complexity index is 2320. The number of carbonyl (C=O) groups is 4. The van der Waals surface area contributed by atoms with E-state index in [0.717, 1.165) is 25.7 Å². The van der Waals surface area contributed by atoms with Crippen LogP contribution in [0.4, 0.5) is 0 Å². The van der Waals surface area contributed by atoms with Crippen LogP contribution in [0.1, 0.15) is 243 Å². The normalized spacial score (nSPS) is 15.1. The average Bonchev–Trinajstić information content (AvgIpc) is 4.39. The molecule has 12 heteroatoms. The van der Waals surface area contributed by atoms with Gasteiger partial charge in [0.05, 0.1) is 53.0 Å². The summed E-state index contributed by atoms with van der Waals surface area (Å²) in [6, 6.07) is 14.3. The van der Waals surface area contributed by atoms with Crippen LogP contribution in [0.2, 0.25) is 0 Å². The molecule has 0 unspecified atom stereocenters. The molecule has 0 atom stereocenters. The molecule has 1 N–H and O–H groups in total. The largest absolute Gasteiger partial charge is 0.465 e. The van der Waals surface area contributed by atoms with Crippen LogP contribution in [0.25, 0.3) is 22.7 Å². The summed E-state index contributed by atoms with van der Waals surface area (Å²) in [5.41, 5.74) is 4.05. The minimum absolute atomic E-state index is 0.101. The Morgan fingerprint density at radius 2 is 0.753 bits per heavy atom. The minimum atomic E-state index is -0.288. The van der Waals surface area contributed by atoms with E-state index in [1.54, 1.807) is 46.6 Å². The first kappa shape index (κ1) is 61.1. The van der Waals surface area contributed by atoms with Gasteiger partial charge in [0.25, 0.3) is 17.7 Å². The number of amides is 3. The van der Waals surface area contributed by atoms with Gasteiger partial charge in [-0.25, -0.2) is 0 Å². The van der Waals surface area contributed by atoms with E-state index >= 15 is 0 Å². The summed E-state index contributed by atoms with van der Waals surface area (Å²) in [6.45, 7) is 7.95. The molecule has 0 saturated heterocycles. The third-order valence-electron chi connectivity index (χ3n) is 15.1. The fourth-order valence-electron chi connectivity index (χ4n) is 10.9. The summed E-state index contributed by atoms with van der Waals surface area (Å²) in [4.78, 5) is 56.1. The number of halogens is 1. The summed E-state index contributed by atoms with van der Waals surface area (Å²) in [6.07, 6.45) is 45.6. The van der Waals surface area contributed by atoms with Crippen LogP contribution in [0, 0.1) is 0 Å². The highest BCUT2D eigenvalue weighted by Crippen LogP contribution is 2.47. The lowest BCUT2D eigenvalue weighted by Crippen LogP contribution is -2.31. The Balaban J connectivity index is 0.000000236. The van der Waals surface area contributed by atoms with Crippen molar-refractivity contribution in [2.24, 2.45) is 0 Å². The number of fused-ring (bicyclic) bond motifs is 2. The Hall–Kier alpha value is -5.11. The Labute approximate surface area is 474 Å². The topological polar surface area (TPSA) is 139 Å². The van der Waals surface area contributed by atoms with Gasteiger partial charge in [0, 0.05) is 25.1 Å². The summed E-state index contributed by atoms with van der Waals surface area (Å²) in [5, 5.41) is 2.71. The van der Waals surface area contributed by atoms with Crippen molar-refractivity contribution in [3.63, 3.8) is 0 Å². The number of Topliss-reactive ketones (excluding diaryl/α,β-unsaturated/α-hetero) is 1. The molecule has 420 valence electrons. The molecule has 8 rings (SSSR count). The Morgan fingerprint density at radius 3 is 1.10 bits per heavy atom. The first-order valence-electron chi connectivity index (χ1n) is 30.0. The zero-order chi connectivity index (χ0) is 54.5. The first-order valence-corrected chi connectivity index (χ1v) is 31.5. The molecule has 3 aliphatic heterocycles. The van der Waals surface area contributed by atoms with Crippen molar-refractivity contribution < 1.29 is 36.8 Å². The van der Waals surface area contributed by atoms with E-state index in [0.29, 0.717) is 81.1 Å². The van der Waals surface area contributed by atoms with Gasteiger partial charge in [-0.1, -0.05) is 217 Å². The lowest BCUT2D eigenvalue weighted by Gasteiger charge is -2.23. The lowest BCUT2D eigenvalue weighted by atomic mass is 10.1. The van der Waals surface area contributed by atoms with Gasteiger partial charge in [0.1, 0.15) is 17.2 Å². The molecule has 7 heterocycles. The summed E-state index contributed by atoms with van der Waals surface area (Å²) in [5.74, 6) is 1.56. The molecule has 4 aliphatic rings. The quantitative estimate of drug-likeness (QED) is 0.0270. The van der Waals surface area contributed by atoms with E-state index in [4.69, 9.17) is 17.7 Å². The van der Waals surface area contributed by atoms with E-state index in [1.807, 2.05) is 24.3 Å². The van der Waals surface area contributed by atoms with Crippen molar-refractivity contribution in [3.05, 3.63) is 119 Å². The fraction of sp³-hybridized carbons (Fsp3) is 0.569. The number of hydrogen-bond acceptors (Lipinski definition) is 8.